The molecule has 1 saturated carbocycles. The molecule has 5 rings (SSSR count). The number of alkyl carbamates (subject to hydrolysis) is 2. The van der Waals surface area contributed by atoms with Crippen LogP contribution >= 0.6 is 0 Å². The number of nitrogens with zero attached hydrogens (tertiary/aromatic N) is 2. The van der Waals surface area contributed by atoms with E-state index in [9.17, 15) is 34.2 Å². The topological polar surface area (TPSA) is 217 Å². The molecule has 3 aromatic carbocycles. The van der Waals surface area contributed by atoms with Crippen molar-refractivity contribution in [2.75, 3.05) is 13.1 Å². The zero-order valence-corrected chi connectivity index (χ0v) is 38.4. The zero-order chi connectivity index (χ0) is 47.1. The molecular weight excluding hydrogens is 833 g/mol. The number of aliphatic imine (C=N–C) groups is 1. The van der Waals surface area contributed by atoms with Gasteiger partial charge in [-0.05, 0) is 115 Å². The van der Waals surface area contributed by atoms with Crippen LogP contribution in [0.15, 0.2) is 89.9 Å². The number of rotatable bonds is 16. The summed E-state index contributed by atoms with van der Waals surface area (Å²) in [6.45, 7) is 11.0. The van der Waals surface area contributed by atoms with Crippen LogP contribution < -0.4 is 26.0 Å². The fourth-order valence-corrected chi connectivity index (χ4v) is 7.93. The number of carbonyl (C=O) groups is 5. The van der Waals surface area contributed by atoms with Crippen molar-refractivity contribution >= 4 is 35.9 Å². The molecule has 16 nitrogen and oxygen atoms in total. The van der Waals surface area contributed by atoms with Crippen molar-refractivity contribution < 1.29 is 48.4 Å². The Morgan fingerprint density at radius 2 is 1.34 bits per heavy atom. The number of amides is 5. The van der Waals surface area contributed by atoms with Crippen LogP contribution in [-0.2, 0) is 43.3 Å². The van der Waals surface area contributed by atoms with E-state index in [0.29, 0.717) is 56.4 Å². The average Bonchev–Trinajstić information content (AvgIpc) is 3.62. The highest BCUT2D eigenvalue weighted by Crippen LogP contribution is 2.40. The SMILES string of the molecule is CC(C)(C)OC(=O)NC(=NCCCCNC(=O)[C@@H]1C[C@@H]2CC[C@@H](O)C[C@@H]2N1C(=O)[C@H](Cc1ccccc1)NC(=O)[C@@H](O)Cc1ccc(OCc2ccccc2)cc1)NC(=O)OC(C)(C)C. The second kappa shape index (κ2) is 23.3. The van der Waals surface area contributed by atoms with Crippen molar-refractivity contribution in [3.63, 3.8) is 0 Å². The number of carbonyl (C=O) groups excluding carboxylic acids is 5. The van der Waals surface area contributed by atoms with Crippen LogP contribution in [0.1, 0.15) is 96.8 Å². The van der Waals surface area contributed by atoms with E-state index in [2.05, 4.69) is 26.3 Å². The lowest BCUT2D eigenvalue weighted by Gasteiger charge is -2.37. The summed E-state index contributed by atoms with van der Waals surface area (Å²) < 4.78 is 16.5. The van der Waals surface area contributed by atoms with Crippen LogP contribution in [-0.4, -0.2) is 106 Å². The Morgan fingerprint density at radius 1 is 0.754 bits per heavy atom. The lowest BCUT2D eigenvalue weighted by atomic mass is 9.83. The first-order chi connectivity index (χ1) is 30.8. The van der Waals surface area contributed by atoms with E-state index >= 15 is 0 Å². The second-order valence-corrected chi connectivity index (χ2v) is 18.7. The van der Waals surface area contributed by atoms with Crippen LogP contribution in [0.2, 0.25) is 0 Å². The fraction of sp³-hybridized carbons (Fsp3) is 0.510. The van der Waals surface area contributed by atoms with Crippen LogP contribution in [0, 0.1) is 5.92 Å². The van der Waals surface area contributed by atoms with Gasteiger partial charge in [-0.25, -0.2) is 9.59 Å². The summed E-state index contributed by atoms with van der Waals surface area (Å²) in [5, 5.41) is 32.6. The number of aliphatic hydroxyl groups excluding tert-OH is 2. The number of hydrogen-bond acceptors (Lipinski definition) is 11. The zero-order valence-electron chi connectivity index (χ0n) is 38.4. The van der Waals surface area contributed by atoms with Gasteiger partial charge in [0.25, 0.3) is 0 Å². The van der Waals surface area contributed by atoms with E-state index in [1.165, 1.54) is 0 Å². The Morgan fingerprint density at radius 3 is 1.94 bits per heavy atom. The number of nitrogens with one attached hydrogen (secondary N) is 4. The molecule has 3 aromatic rings. The van der Waals surface area contributed by atoms with Gasteiger partial charge in [0.05, 0.1) is 6.10 Å². The molecule has 6 N–H and O–H groups in total. The first kappa shape index (κ1) is 50.0. The molecule has 6 atom stereocenters. The molecule has 1 saturated heterocycles. The maximum atomic E-state index is 14.8. The third-order valence-corrected chi connectivity index (χ3v) is 10.9. The van der Waals surface area contributed by atoms with Crippen molar-refractivity contribution in [2.24, 2.45) is 10.9 Å². The summed E-state index contributed by atoms with van der Waals surface area (Å²) in [7, 11) is 0. The normalized spacial score (nSPS) is 19.1. The predicted octanol–water partition coefficient (Wildman–Crippen LogP) is 5.33. The van der Waals surface area contributed by atoms with Crippen molar-refractivity contribution in [3.05, 3.63) is 102 Å². The van der Waals surface area contributed by atoms with Gasteiger partial charge in [-0.15, -0.1) is 0 Å². The van der Waals surface area contributed by atoms with E-state index in [1.807, 2.05) is 60.7 Å². The monoisotopic (exact) mass is 898 g/mol. The number of guanidine groups is 1. The van der Waals surface area contributed by atoms with E-state index < -0.39 is 65.5 Å². The van der Waals surface area contributed by atoms with Gasteiger partial charge in [-0.1, -0.05) is 72.8 Å². The number of aliphatic hydroxyl groups is 2. The van der Waals surface area contributed by atoms with Crippen molar-refractivity contribution in [1.82, 2.24) is 26.2 Å². The van der Waals surface area contributed by atoms with Gasteiger partial charge in [0.2, 0.25) is 23.7 Å². The number of benzene rings is 3. The molecule has 16 heteroatoms. The van der Waals surface area contributed by atoms with Crippen molar-refractivity contribution in [3.8, 4) is 5.75 Å². The molecule has 0 spiro atoms. The highest BCUT2D eigenvalue weighted by molar-refractivity contribution is 6.01. The largest absolute Gasteiger partial charge is 0.489 e. The first-order valence-electron chi connectivity index (χ1n) is 22.4. The Balaban J connectivity index is 1.22. The van der Waals surface area contributed by atoms with Crippen LogP contribution in [0.25, 0.3) is 0 Å². The molecule has 0 aromatic heterocycles. The minimum atomic E-state index is -1.47. The Labute approximate surface area is 381 Å². The molecule has 5 amide bonds. The van der Waals surface area contributed by atoms with Gasteiger partial charge in [-0.3, -0.25) is 30.0 Å². The van der Waals surface area contributed by atoms with Gasteiger partial charge in [0.15, 0.2) is 0 Å². The van der Waals surface area contributed by atoms with E-state index in [-0.39, 0.29) is 43.7 Å². The number of ether oxygens (including phenoxy) is 3. The summed E-state index contributed by atoms with van der Waals surface area (Å²) in [5.74, 6) is -1.08. The molecule has 65 heavy (non-hydrogen) atoms. The minimum Gasteiger partial charge on any atom is -0.489 e. The van der Waals surface area contributed by atoms with Gasteiger partial charge in [0.1, 0.15) is 41.7 Å². The smallest absolute Gasteiger partial charge is 0.414 e. The number of fused-ring (bicyclic) bond motifs is 1. The summed E-state index contributed by atoms with van der Waals surface area (Å²) >= 11 is 0. The molecular formula is C49H66N6O10. The molecule has 352 valence electrons. The fourth-order valence-electron chi connectivity index (χ4n) is 7.93. The number of hydrogen-bond donors (Lipinski definition) is 6. The third-order valence-electron chi connectivity index (χ3n) is 10.9. The molecule has 1 aliphatic heterocycles. The standard InChI is InChI=1S/C49H66N6O10/c1-48(2,3)64-46(61)53-45(54-47(62)65-49(4,5)6)51-26-14-13-25-50-42(58)40-29-35-21-22-36(56)30-39(35)55(40)44(60)38(27-32-15-9-7-10-16-32)52-43(59)41(57)28-33-19-23-37(24-20-33)63-31-34-17-11-8-12-18-34/h7-12,15-20,23-24,35-36,38-41,56-57H,13-14,21-22,25-31H2,1-6H3,(H,50,58)(H,52,59)(H2,51,53,54,61,62)/t35-,36+,38-,39-,40-,41-/m0/s1. The van der Waals surface area contributed by atoms with Crippen LogP contribution in [0.4, 0.5) is 9.59 Å². The van der Waals surface area contributed by atoms with Gasteiger partial charge in [-0.2, -0.15) is 0 Å². The van der Waals surface area contributed by atoms with E-state index in [4.69, 9.17) is 14.2 Å². The molecule has 1 heterocycles. The predicted molar refractivity (Wildman–Crippen MR) is 245 cm³/mol. The Hall–Kier alpha value is -6.00. The summed E-state index contributed by atoms with van der Waals surface area (Å²) in [5.41, 5.74) is 0.924. The Kier molecular flexibility index (Phi) is 17.9. The van der Waals surface area contributed by atoms with E-state index in [1.54, 1.807) is 70.7 Å². The summed E-state index contributed by atoms with van der Waals surface area (Å²) in [4.78, 5) is 73.3. The summed E-state index contributed by atoms with van der Waals surface area (Å²) in [6, 6.07) is 23.7. The molecule has 0 bridgehead atoms. The molecule has 0 unspecified atom stereocenters. The van der Waals surface area contributed by atoms with Crippen molar-refractivity contribution in [1.29, 1.82) is 0 Å². The van der Waals surface area contributed by atoms with Crippen molar-refractivity contribution in [2.45, 2.75) is 141 Å². The minimum absolute atomic E-state index is 0.00415. The number of likely N-dealkylation sites (tertiary alicyclic amines) is 1. The third kappa shape index (κ3) is 16.5. The lowest BCUT2D eigenvalue weighted by molar-refractivity contribution is -0.145. The van der Waals surface area contributed by atoms with Crippen LogP contribution in [0.3, 0.4) is 0 Å². The van der Waals surface area contributed by atoms with Gasteiger partial charge >= 0.3 is 12.2 Å². The number of unbranched alkanes of at least 4 members (excludes halogenated alkanes) is 1. The highest BCUT2D eigenvalue weighted by Gasteiger charge is 2.50. The first-order valence-corrected chi connectivity index (χ1v) is 22.4. The van der Waals surface area contributed by atoms with Gasteiger partial charge < -0.3 is 40.0 Å². The maximum absolute atomic E-state index is 14.8. The Bertz CT molecular complexity index is 2040. The van der Waals surface area contributed by atoms with E-state index in [0.717, 1.165) is 11.1 Å². The molecule has 2 fully saturated rings. The molecule has 1 aliphatic carbocycles. The van der Waals surface area contributed by atoms with Crippen LogP contribution in [0.5, 0.6) is 5.75 Å². The maximum Gasteiger partial charge on any atom is 0.414 e. The lowest BCUT2D eigenvalue weighted by Crippen LogP contribution is -2.58. The second-order valence-electron chi connectivity index (χ2n) is 18.7. The average molecular weight is 899 g/mol. The van der Waals surface area contributed by atoms with Gasteiger partial charge in [0, 0.05) is 32.0 Å². The highest BCUT2D eigenvalue weighted by atomic mass is 16.6. The molecule has 2 aliphatic rings. The summed E-state index contributed by atoms with van der Waals surface area (Å²) in [6.07, 6.45) is -0.796. The quantitative estimate of drug-likeness (QED) is 0.0617. The molecule has 0 radical (unpaired) electrons.